The summed E-state index contributed by atoms with van der Waals surface area (Å²) < 4.78 is 5.21. The number of rotatable bonds is 7. The highest BCUT2D eigenvalue weighted by molar-refractivity contribution is 7.15. The lowest BCUT2D eigenvalue weighted by atomic mass is 10.1. The zero-order chi connectivity index (χ0) is 21.6. The first kappa shape index (κ1) is 20.8. The molecule has 4 aromatic rings. The minimum Gasteiger partial charge on any atom is -0.355 e. The molecule has 2 amide bonds. The maximum Gasteiger partial charge on any atom is 0.273 e. The molecule has 0 fully saturated rings. The number of thiazole rings is 1. The number of nitrogens with one attached hydrogen (secondary N) is 2. The summed E-state index contributed by atoms with van der Waals surface area (Å²) in [6.07, 6.45) is 2.32. The molecule has 0 aliphatic heterocycles. The standard InChI is InChI=1S/C22H17ClN4O3S/c23-17-9-5-4-8-15(17)10-16-12-25-22(31-16)26-20(28)13-24-21(29)18-11-19(30-27-18)14-6-2-1-3-7-14/h1-9,11-12H,10,13H2,(H,24,29)(H,25,26,28). The first-order chi connectivity index (χ1) is 15.1. The van der Waals surface area contributed by atoms with Crippen LogP contribution in [0.5, 0.6) is 0 Å². The molecule has 0 saturated carbocycles. The number of halogens is 1. The van der Waals surface area contributed by atoms with Crippen molar-refractivity contribution in [2.75, 3.05) is 11.9 Å². The number of carbonyl (C=O) groups is 2. The van der Waals surface area contributed by atoms with Gasteiger partial charge < -0.3 is 15.2 Å². The fraction of sp³-hybridized carbons (Fsp3) is 0.0909. The molecular formula is C22H17ClN4O3S. The average molecular weight is 453 g/mol. The van der Waals surface area contributed by atoms with Gasteiger partial charge in [0.2, 0.25) is 5.91 Å². The first-order valence-electron chi connectivity index (χ1n) is 9.37. The molecular weight excluding hydrogens is 436 g/mol. The molecule has 0 atom stereocenters. The number of benzene rings is 2. The third-order valence-electron chi connectivity index (χ3n) is 4.33. The molecule has 2 aromatic carbocycles. The van der Waals surface area contributed by atoms with E-state index in [0.29, 0.717) is 22.3 Å². The van der Waals surface area contributed by atoms with Gasteiger partial charge in [-0.2, -0.15) is 0 Å². The molecule has 9 heteroatoms. The Balaban J connectivity index is 1.29. The molecule has 0 radical (unpaired) electrons. The monoisotopic (exact) mass is 452 g/mol. The Bertz CT molecular complexity index is 1210. The van der Waals surface area contributed by atoms with Crippen molar-refractivity contribution in [3.63, 3.8) is 0 Å². The lowest BCUT2D eigenvalue weighted by molar-refractivity contribution is -0.115. The number of hydrogen-bond donors (Lipinski definition) is 2. The maximum absolute atomic E-state index is 12.2. The summed E-state index contributed by atoms with van der Waals surface area (Å²) in [5.74, 6) is -0.414. The minimum atomic E-state index is -0.500. The van der Waals surface area contributed by atoms with Gasteiger partial charge in [-0.05, 0) is 11.6 Å². The van der Waals surface area contributed by atoms with Gasteiger partial charge in [0.25, 0.3) is 5.91 Å². The molecule has 0 aliphatic rings. The van der Waals surface area contributed by atoms with Gasteiger partial charge in [0.15, 0.2) is 16.6 Å². The Kier molecular flexibility index (Phi) is 6.40. The number of aromatic nitrogens is 2. The molecule has 0 aliphatic carbocycles. The Morgan fingerprint density at radius 3 is 2.65 bits per heavy atom. The Hall–Kier alpha value is -3.49. The summed E-state index contributed by atoms with van der Waals surface area (Å²) in [5.41, 5.74) is 1.89. The smallest absolute Gasteiger partial charge is 0.273 e. The average Bonchev–Trinajstić information content (AvgIpc) is 3.44. The van der Waals surface area contributed by atoms with Crippen LogP contribution in [-0.2, 0) is 11.2 Å². The summed E-state index contributed by atoms with van der Waals surface area (Å²) in [4.78, 5) is 29.6. The highest BCUT2D eigenvalue weighted by Crippen LogP contribution is 2.24. The van der Waals surface area contributed by atoms with Crippen molar-refractivity contribution in [2.45, 2.75) is 6.42 Å². The van der Waals surface area contributed by atoms with Crippen molar-refractivity contribution in [3.8, 4) is 11.3 Å². The second-order valence-electron chi connectivity index (χ2n) is 6.57. The molecule has 4 rings (SSSR count). The fourth-order valence-electron chi connectivity index (χ4n) is 2.81. The second-order valence-corrected chi connectivity index (χ2v) is 8.10. The minimum absolute atomic E-state index is 0.0999. The molecule has 156 valence electrons. The predicted molar refractivity (Wildman–Crippen MR) is 119 cm³/mol. The molecule has 0 bridgehead atoms. The zero-order valence-electron chi connectivity index (χ0n) is 16.2. The van der Waals surface area contributed by atoms with E-state index in [1.165, 1.54) is 17.4 Å². The third-order valence-corrected chi connectivity index (χ3v) is 5.61. The van der Waals surface area contributed by atoms with Crippen molar-refractivity contribution in [1.82, 2.24) is 15.5 Å². The van der Waals surface area contributed by atoms with E-state index in [-0.39, 0.29) is 12.2 Å². The van der Waals surface area contributed by atoms with Crippen molar-refractivity contribution < 1.29 is 14.1 Å². The van der Waals surface area contributed by atoms with E-state index in [2.05, 4.69) is 20.8 Å². The summed E-state index contributed by atoms with van der Waals surface area (Å²) in [6, 6.07) is 18.4. The quantitative estimate of drug-likeness (QED) is 0.433. The van der Waals surface area contributed by atoms with Gasteiger partial charge in [0.1, 0.15) is 0 Å². The van der Waals surface area contributed by atoms with E-state index in [0.717, 1.165) is 16.0 Å². The van der Waals surface area contributed by atoms with Crippen LogP contribution >= 0.6 is 22.9 Å². The third kappa shape index (κ3) is 5.36. The van der Waals surface area contributed by atoms with E-state index in [1.807, 2.05) is 54.6 Å². The highest BCUT2D eigenvalue weighted by atomic mass is 35.5. The van der Waals surface area contributed by atoms with Crippen LogP contribution in [0, 0.1) is 0 Å². The molecule has 7 nitrogen and oxygen atoms in total. The molecule has 31 heavy (non-hydrogen) atoms. The van der Waals surface area contributed by atoms with Crippen LogP contribution in [0.1, 0.15) is 20.9 Å². The fourth-order valence-corrected chi connectivity index (χ4v) is 3.87. The van der Waals surface area contributed by atoms with Crippen molar-refractivity contribution in [2.24, 2.45) is 0 Å². The van der Waals surface area contributed by atoms with Crippen LogP contribution in [0.4, 0.5) is 5.13 Å². The van der Waals surface area contributed by atoms with E-state index in [1.54, 1.807) is 6.20 Å². The largest absolute Gasteiger partial charge is 0.355 e. The Labute approximate surface area is 187 Å². The maximum atomic E-state index is 12.2. The number of anilines is 1. The van der Waals surface area contributed by atoms with Crippen molar-refractivity contribution in [1.29, 1.82) is 0 Å². The molecule has 2 N–H and O–H groups in total. The first-order valence-corrected chi connectivity index (χ1v) is 10.6. The van der Waals surface area contributed by atoms with Gasteiger partial charge in [-0.3, -0.25) is 9.59 Å². The van der Waals surface area contributed by atoms with E-state index in [4.69, 9.17) is 16.1 Å². The number of hydrogen-bond acceptors (Lipinski definition) is 6. The number of amides is 2. The van der Waals surface area contributed by atoms with E-state index < -0.39 is 11.8 Å². The van der Waals surface area contributed by atoms with Gasteiger partial charge in [0, 0.05) is 34.1 Å². The van der Waals surface area contributed by atoms with Crippen LogP contribution in [0.25, 0.3) is 11.3 Å². The molecule has 0 unspecified atom stereocenters. The van der Waals surface area contributed by atoms with Crippen LogP contribution in [-0.4, -0.2) is 28.5 Å². The van der Waals surface area contributed by atoms with Gasteiger partial charge >= 0.3 is 0 Å². The predicted octanol–water partition coefficient (Wildman–Crippen LogP) is 4.41. The Morgan fingerprint density at radius 1 is 1.06 bits per heavy atom. The summed E-state index contributed by atoms with van der Waals surface area (Å²) in [6.45, 7) is -0.216. The van der Waals surface area contributed by atoms with Gasteiger partial charge in [-0.15, -0.1) is 11.3 Å². The van der Waals surface area contributed by atoms with E-state index >= 15 is 0 Å². The molecule has 0 spiro atoms. The molecule has 0 saturated heterocycles. The van der Waals surface area contributed by atoms with Crippen molar-refractivity contribution in [3.05, 3.63) is 88.0 Å². The summed E-state index contributed by atoms with van der Waals surface area (Å²) in [5, 5.41) is 10.1. The summed E-state index contributed by atoms with van der Waals surface area (Å²) in [7, 11) is 0. The SMILES string of the molecule is O=C(CNC(=O)c1cc(-c2ccccc2)on1)Nc1ncc(Cc2ccccc2Cl)s1. The summed E-state index contributed by atoms with van der Waals surface area (Å²) >= 11 is 7.54. The highest BCUT2D eigenvalue weighted by Gasteiger charge is 2.15. The Morgan fingerprint density at radius 2 is 1.84 bits per heavy atom. The lowest BCUT2D eigenvalue weighted by Gasteiger charge is -2.03. The van der Waals surface area contributed by atoms with Crippen LogP contribution < -0.4 is 10.6 Å². The van der Waals surface area contributed by atoms with Gasteiger partial charge in [-0.1, -0.05) is 65.3 Å². The lowest BCUT2D eigenvalue weighted by Crippen LogP contribution is -2.32. The van der Waals surface area contributed by atoms with Gasteiger partial charge in [-0.25, -0.2) is 4.98 Å². The zero-order valence-corrected chi connectivity index (χ0v) is 17.7. The van der Waals surface area contributed by atoms with Gasteiger partial charge in [0.05, 0.1) is 6.54 Å². The van der Waals surface area contributed by atoms with Crippen LogP contribution in [0.2, 0.25) is 5.02 Å². The van der Waals surface area contributed by atoms with Crippen molar-refractivity contribution >= 4 is 39.9 Å². The number of nitrogens with zero attached hydrogens (tertiary/aromatic N) is 2. The second kappa shape index (κ2) is 9.55. The molecule has 2 aromatic heterocycles. The van der Waals surface area contributed by atoms with E-state index in [9.17, 15) is 9.59 Å². The van der Waals surface area contributed by atoms with Crippen LogP contribution in [0.3, 0.4) is 0 Å². The normalized spacial score (nSPS) is 10.6. The topological polar surface area (TPSA) is 97.1 Å². The van der Waals surface area contributed by atoms with Crippen LogP contribution in [0.15, 0.2) is 71.4 Å². The number of carbonyl (C=O) groups excluding carboxylic acids is 2. The molecule has 2 heterocycles.